The van der Waals surface area contributed by atoms with Crippen LogP contribution in [0.15, 0.2) is 52.5 Å². The number of carbonyl (C=O) groups is 1. The molecule has 0 aliphatic carbocycles. The molecule has 1 amide bonds. The number of pyridine rings is 1. The summed E-state index contributed by atoms with van der Waals surface area (Å²) in [6.45, 7) is 1.56. The van der Waals surface area contributed by atoms with Crippen molar-refractivity contribution in [2.75, 3.05) is 26.5 Å². The highest BCUT2D eigenvalue weighted by Gasteiger charge is 2.21. The SMILES string of the molecule is COc1ccccc1CN(C)C(=O)CSc1nc2ncccc2c(=O)n1CC1CCCO1. The quantitative estimate of drug-likeness (QED) is 0.382. The molecule has 3 aromatic rings. The Balaban J connectivity index is 1.52. The van der Waals surface area contributed by atoms with Gasteiger partial charge >= 0.3 is 0 Å². The molecule has 1 fully saturated rings. The number of hydrogen-bond donors (Lipinski definition) is 0. The Morgan fingerprint density at radius 1 is 1.31 bits per heavy atom. The van der Waals surface area contributed by atoms with E-state index in [9.17, 15) is 9.59 Å². The van der Waals surface area contributed by atoms with Gasteiger partial charge < -0.3 is 14.4 Å². The summed E-state index contributed by atoms with van der Waals surface area (Å²) in [6.07, 6.45) is 3.48. The second-order valence-corrected chi connectivity index (χ2v) is 8.61. The highest BCUT2D eigenvalue weighted by Crippen LogP contribution is 2.22. The van der Waals surface area contributed by atoms with E-state index in [-0.39, 0.29) is 23.3 Å². The van der Waals surface area contributed by atoms with Gasteiger partial charge in [0, 0.05) is 32.0 Å². The van der Waals surface area contributed by atoms with Crippen molar-refractivity contribution < 1.29 is 14.3 Å². The van der Waals surface area contributed by atoms with Gasteiger partial charge in [0.15, 0.2) is 10.8 Å². The molecule has 1 atom stereocenters. The number of nitrogens with zero attached hydrogens (tertiary/aromatic N) is 4. The van der Waals surface area contributed by atoms with Crippen LogP contribution in [0.1, 0.15) is 18.4 Å². The van der Waals surface area contributed by atoms with Crippen molar-refractivity contribution in [3.05, 3.63) is 58.5 Å². The number of ether oxygens (including phenoxy) is 2. The minimum Gasteiger partial charge on any atom is -0.496 e. The van der Waals surface area contributed by atoms with Gasteiger partial charge in [-0.3, -0.25) is 14.2 Å². The third-order valence-corrected chi connectivity index (χ3v) is 6.42. The highest BCUT2D eigenvalue weighted by atomic mass is 32.2. The molecule has 1 aliphatic heterocycles. The normalized spacial score (nSPS) is 15.8. The van der Waals surface area contributed by atoms with Gasteiger partial charge in [0.25, 0.3) is 5.56 Å². The van der Waals surface area contributed by atoms with Crippen molar-refractivity contribution in [2.24, 2.45) is 0 Å². The van der Waals surface area contributed by atoms with Crippen molar-refractivity contribution in [1.29, 1.82) is 0 Å². The number of thioether (sulfide) groups is 1. The lowest BCUT2D eigenvalue weighted by molar-refractivity contribution is -0.127. The van der Waals surface area contributed by atoms with E-state index in [4.69, 9.17) is 9.47 Å². The number of methoxy groups -OCH3 is 1. The number of amides is 1. The van der Waals surface area contributed by atoms with E-state index in [2.05, 4.69) is 9.97 Å². The minimum absolute atomic E-state index is 0.0214. The summed E-state index contributed by atoms with van der Waals surface area (Å²) in [4.78, 5) is 36.4. The number of hydrogen-bond acceptors (Lipinski definition) is 7. The molecule has 1 saturated heterocycles. The van der Waals surface area contributed by atoms with Crippen molar-refractivity contribution >= 4 is 28.7 Å². The molecule has 32 heavy (non-hydrogen) atoms. The number of fused-ring (bicyclic) bond motifs is 1. The van der Waals surface area contributed by atoms with Crippen LogP contribution in [0.3, 0.4) is 0 Å². The fourth-order valence-corrected chi connectivity index (χ4v) is 4.65. The van der Waals surface area contributed by atoms with Crippen LogP contribution in [-0.4, -0.2) is 58.0 Å². The van der Waals surface area contributed by atoms with Gasteiger partial charge in [0.1, 0.15) is 5.75 Å². The number of para-hydroxylation sites is 1. The average molecular weight is 455 g/mol. The third-order valence-electron chi connectivity index (χ3n) is 5.46. The first-order chi connectivity index (χ1) is 15.6. The van der Waals surface area contributed by atoms with Crippen LogP contribution in [0.2, 0.25) is 0 Å². The number of aromatic nitrogens is 3. The summed E-state index contributed by atoms with van der Waals surface area (Å²) in [5, 5.41) is 0.949. The molecule has 1 aromatic carbocycles. The Bertz CT molecular complexity index is 1160. The number of rotatable bonds is 8. The zero-order valence-corrected chi connectivity index (χ0v) is 19.0. The zero-order chi connectivity index (χ0) is 22.5. The first kappa shape index (κ1) is 22.3. The topological polar surface area (TPSA) is 86.5 Å². The average Bonchev–Trinajstić information content (AvgIpc) is 3.33. The van der Waals surface area contributed by atoms with E-state index in [1.54, 1.807) is 42.0 Å². The first-order valence-electron chi connectivity index (χ1n) is 10.5. The second-order valence-electron chi connectivity index (χ2n) is 7.67. The fraction of sp³-hybridized carbons (Fsp3) is 0.391. The molecule has 0 spiro atoms. The molecule has 0 bridgehead atoms. The summed E-state index contributed by atoms with van der Waals surface area (Å²) in [7, 11) is 3.37. The maximum absolute atomic E-state index is 13.1. The molecule has 168 valence electrons. The predicted molar refractivity (Wildman–Crippen MR) is 123 cm³/mol. The predicted octanol–water partition coefficient (Wildman–Crippen LogP) is 2.73. The van der Waals surface area contributed by atoms with Crippen molar-refractivity contribution in [3.63, 3.8) is 0 Å². The molecule has 4 rings (SSSR count). The van der Waals surface area contributed by atoms with Crippen LogP contribution < -0.4 is 10.3 Å². The molecule has 1 unspecified atom stereocenters. The van der Waals surface area contributed by atoms with E-state index in [1.165, 1.54) is 11.8 Å². The Morgan fingerprint density at radius 3 is 2.94 bits per heavy atom. The Kier molecular flexibility index (Phi) is 7.06. The van der Waals surface area contributed by atoms with Crippen LogP contribution in [-0.2, 0) is 22.6 Å². The van der Waals surface area contributed by atoms with Crippen molar-refractivity contribution in [2.45, 2.75) is 37.2 Å². The smallest absolute Gasteiger partial charge is 0.263 e. The molecule has 1 aliphatic rings. The van der Waals surface area contributed by atoms with Crippen molar-refractivity contribution in [1.82, 2.24) is 19.4 Å². The van der Waals surface area contributed by atoms with Crippen LogP contribution in [0, 0.1) is 0 Å². The molecule has 9 heteroatoms. The standard InChI is InChI=1S/C23H26N4O4S/c1-26(13-16-7-3-4-10-19(16)30-2)20(28)15-32-23-25-21-18(9-5-11-24-21)22(29)27(23)14-17-8-6-12-31-17/h3-5,7,9-11,17H,6,8,12-15H2,1-2H3. The lowest BCUT2D eigenvalue weighted by Crippen LogP contribution is -2.31. The molecule has 2 aromatic heterocycles. The van der Waals surface area contributed by atoms with Gasteiger partial charge in [-0.2, -0.15) is 0 Å². The summed E-state index contributed by atoms with van der Waals surface area (Å²) in [5.74, 6) is 0.828. The molecular weight excluding hydrogens is 428 g/mol. The van der Waals surface area contributed by atoms with Gasteiger partial charge in [0.05, 0.1) is 30.9 Å². The Hall–Kier alpha value is -2.91. The van der Waals surface area contributed by atoms with Crippen molar-refractivity contribution in [3.8, 4) is 5.75 Å². The lowest BCUT2D eigenvalue weighted by atomic mass is 10.2. The van der Waals surface area contributed by atoms with E-state index in [1.807, 2.05) is 24.3 Å². The van der Waals surface area contributed by atoms with E-state index in [0.29, 0.717) is 35.9 Å². The number of carbonyl (C=O) groups excluding carboxylic acids is 1. The molecule has 8 nitrogen and oxygen atoms in total. The molecule has 0 radical (unpaired) electrons. The maximum atomic E-state index is 13.1. The van der Waals surface area contributed by atoms with E-state index >= 15 is 0 Å². The Labute approximate surface area is 190 Å². The first-order valence-corrected chi connectivity index (χ1v) is 11.5. The minimum atomic E-state index is -0.157. The zero-order valence-electron chi connectivity index (χ0n) is 18.2. The lowest BCUT2D eigenvalue weighted by Gasteiger charge is -2.19. The maximum Gasteiger partial charge on any atom is 0.263 e. The van der Waals surface area contributed by atoms with Gasteiger partial charge in [-0.15, -0.1) is 0 Å². The van der Waals surface area contributed by atoms with Crippen LogP contribution >= 0.6 is 11.8 Å². The second kappa shape index (κ2) is 10.1. The monoisotopic (exact) mass is 454 g/mol. The van der Waals surface area contributed by atoms with Gasteiger partial charge in [-0.05, 0) is 31.0 Å². The Morgan fingerprint density at radius 2 is 2.16 bits per heavy atom. The van der Waals surface area contributed by atoms with Crippen LogP contribution in [0.5, 0.6) is 5.75 Å². The molecule has 3 heterocycles. The molecule has 0 N–H and O–H groups in total. The molecule has 0 saturated carbocycles. The van der Waals surface area contributed by atoms with Gasteiger partial charge in [0.2, 0.25) is 5.91 Å². The summed E-state index contributed by atoms with van der Waals surface area (Å²) in [6, 6.07) is 11.1. The largest absolute Gasteiger partial charge is 0.496 e. The van der Waals surface area contributed by atoms with E-state index in [0.717, 1.165) is 24.2 Å². The van der Waals surface area contributed by atoms with Crippen LogP contribution in [0.25, 0.3) is 11.0 Å². The van der Waals surface area contributed by atoms with E-state index < -0.39 is 0 Å². The number of benzene rings is 1. The van der Waals surface area contributed by atoms with Gasteiger partial charge in [-0.25, -0.2) is 9.97 Å². The summed E-state index contributed by atoms with van der Waals surface area (Å²) in [5.41, 5.74) is 1.16. The highest BCUT2D eigenvalue weighted by molar-refractivity contribution is 7.99. The van der Waals surface area contributed by atoms with Gasteiger partial charge in [-0.1, -0.05) is 30.0 Å². The fourth-order valence-electron chi connectivity index (χ4n) is 3.71. The van der Waals surface area contributed by atoms with Crippen LogP contribution in [0.4, 0.5) is 0 Å². The third kappa shape index (κ3) is 4.94. The molecular formula is C23H26N4O4S. The summed E-state index contributed by atoms with van der Waals surface area (Å²) < 4.78 is 12.7. The summed E-state index contributed by atoms with van der Waals surface area (Å²) >= 11 is 1.25.